The third-order valence-corrected chi connectivity index (χ3v) is 5.68. The molecule has 5 heteroatoms. The number of halogens is 2. The van der Waals surface area contributed by atoms with Crippen LogP contribution in [0.4, 0.5) is 0 Å². The number of benzene rings is 2. The molecule has 0 amide bonds. The molecule has 25 heavy (non-hydrogen) atoms. The van der Waals surface area contributed by atoms with Gasteiger partial charge in [-0.3, -0.25) is 4.90 Å². The Bertz CT molecular complexity index is 744. The number of nitrogens with zero attached hydrogens (tertiary/aromatic N) is 1. The van der Waals surface area contributed by atoms with Gasteiger partial charge in [-0.05, 0) is 48.7 Å². The van der Waals surface area contributed by atoms with Crippen molar-refractivity contribution in [3.8, 4) is 11.5 Å². The van der Waals surface area contributed by atoms with Gasteiger partial charge in [-0.2, -0.15) is 0 Å². The van der Waals surface area contributed by atoms with E-state index in [9.17, 15) is 0 Å². The summed E-state index contributed by atoms with van der Waals surface area (Å²) in [5.41, 5.74) is 1.04. The summed E-state index contributed by atoms with van der Waals surface area (Å²) in [6, 6.07) is 14.4. The van der Waals surface area contributed by atoms with Crippen molar-refractivity contribution in [1.29, 1.82) is 0 Å². The summed E-state index contributed by atoms with van der Waals surface area (Å²) in [5.74, 6) is 1.57. The zero-order valence-electron chi connectivity index (χ0n) is 14.0. The van der Waals surface area contributed by atoms with Gasteiger partial charge in [0.25, 0.3) is 0 Å². The van der Waals surface area contributed by atoms with Crippen LogP contribution in [0.1, 0.15) is 24.8 Å². The van der Waals surface area contributed by atoms with Crippen LogP contribution in [0, 0.1) is 0 Å². The maximum Gasteiger partial charge on any atom is 0.162 e. The third kappa shape index (κ3) is 4.13. The van der Waals surface area contributed by atoms with Crippen LogP contribution in [-0.4, -0.2) is 30.1 Å². The van der Waals surface area contributed by atoms with E-state index in [1.807, 2.05) is 42.5 Å². The van der Waals surface area contributed by atoms with Crippen molar-refractivity contribution in [1.82, 2.24) is 4.90 Å². The molecule has 2 aromatic rings. The lowest BCUT2D eigenvalue weighted by molar-refractivity contribution is -0.0319. The molecular formula is C20H21BrClNO2. The molecule has 2 aliphatic rings. The second kappa shape index (κ2) is 7.56. The van der Waals surface area contributed by atoms with Crippen molar-refractivity contribution < 1.29 is 9.47 Å². The summed E-state index contributed by atoms with van der Waals surface area (Å²) in [6.45, 7) is 2.51. The summed E-state index contributed by atoms with van der Waals surface area (Å²) in [5, 5.41) is 0.721. The van der Waals surface area contributed by atoms with Crippen molar-refractivity contribution in [2.45, 2.75) is 38.0 Å². The van der Waals surface area contributed by atoms with Crippen molar-refractivity contribution in [2.75, 3.05) is 13.1 Å². The van der Waals surface area contributed by atoms with E-state index < -0.39 is 0 Å². The molecule has 1 saturated carbocycles. The molecule has 132 valence electrons. The summed E-state index contributed by atoms with van der Waals surface area (Å²) < 4.78 is 13.2. The fourth-order valence-electron chi connectivity index (χ4n) is 3.25. The monoisotopic (exact) mass is 421 g/mol. The van der Waals surface area contributed by atoms with Crippen LogP contribution in [0.25, 0.3) is 0 Å². The maximum absolute atomic E-state index is 6.20. The van der Waals surface area contributed by atoms with E-state index >= 15 is 0 Å². The highest BCUT2D eigenvalue weighted by atomic mass is 79.9. The van der Waals surface area contributed by atoms with Crippen LogP contribution in [0.2, 0.25) is 5.02 Å². The molecule has 1 saturated heterocycles. The minimum absolute atomic E-state index is 0.253. The van der Waals surface area contributed by atoms with Gasteiger partial charge >= 0.3 is 0 Å². The van der Waals surface area contributed by atoms with Crippen LogP contribution in [0.15, 0.2) is 46.9 Å². The molecule has 0 unspecified atom stereocenters. The molecule has 0 N–H and O–H groups in total. The number of likely N-dealkylation sites (tertiary alicyclic amines) is 1. The molecule has 3 nitrogen and oxygen atoms in total. The normalized spacial score (nSPS) is 18.5. The van der Waals surface area contributed by atoms with Gasteiger partial charge < -0.3 is 9.47 Å². The van der Waals surface area contributed by atoms with Crippen molar-refractivity contribution >= 4 is 27.5 Å². The Morgan fingerprint density at radius 3 is 2.64 bits per heavy atom. The molecule has 0 radical (unpaired) electrons. The van der Waals surface area contributed by atoms with Gasteiger partial charge in [-0.1, -0.05) is 46.1 Å². The molecule has 2 aromatic carbocycles. The molecule has 1 aliphatic carbocycles. The predicted octanol–water partition coefficient (Wildman–Crippen LogP) is 5.30. The van der Waals surface area contributed by atoms with Gasteiger partial charge in [-0.25, -0.2) is 0 Å². The highest BCUT2D eigenvalue weighted by Crippen LogP contribution is 2.35. The Balaban J connectivity index is 1.38. The largest absolute Gasteiger partial charge is 0.485 e. The number of ether oxygens (including phenoxy) is 2. The fourth-order valence-corrected chi connectivity index (χ4v) is 3.81. The summed E-state index contributed by atoms with van der Waals surface area (Å²) in [4.78, 5) is 2.53. The molecule has 0 bridgehead atoms. The summed E-state index contributed by atoms with van der Waals surface area (Å²) >= 11 is 9.56. The third-order valence-electron chi connectivity index (χ3n) is 4.95. The van der Waals surface area contributed by atoms with E-state index in [1.165, 1.54) is 19.3 Å². The molecule has 1 aliphatic heterocycles. The van der Waals surface area contributed by atoms with Crippen LogP contribution in [0.3, 0.4) is 0 Å². The van der Waals surface area contributed by atoms with E-state index in [0.717, 1.165) is 45.7 Å². The Hall–Kier alpha value is -1.23. The zero-order valence-corrected chi connectivity index (χ0v) is 16.3. The molecule has 0 aromatic heterocycles. The second-order valence-corrected chi connectivity index (χ2v) is 8.14. The molecule has 1 heterocycles. The number of rotatable bonds is 6. The molecule has 0 spiro atoms. The topological polar surface area (TPSA) is 21.7 Å². The van der Waals surface area contributed by atoms with Crippen LogP contribution in [-0.2, 0) is 6.61 Å². The van der Waals surface area contributed by atoms with E-state index in [-0.39, 0.29) is 6.10 Å². The predicted molar refractivity (Wildman–Crippen MR) is 104 cm³/mol. The van der Waals surface area contributed by atoms with Gasteiger partial charge in [0.05, 0.1) is 0 Å². The number of hydrogen-bond donors (Lipinski definition) is 0. The average molecular weight is 423 g/mol. The second-order valence-electron chi connectivity index (χ2n) is 6.79. The SMILES string of the molecule is Clc1cccc(COc2ccc(Br)cc2OC2CN(C3CCC3)C2)c1. The van der Waals surface area contributed by atoms with Crippen LogP contribution in [0.5, 0.6) is 11.5 Å². The smallest absolute Gasteiger partial charge is 0.162 e. The average Bonchev–Trinajstić information content (AvgIpc) is 2.50. The zero-order chi connectivity index (χ0) is 17.2. The minimum atomic E-state index is 0.253. The molecule has 2 fully saturated rings. The lowest BCUT2D eigenvalue weighted by Gasteiger charge is -2.47. The molecular weight excluding hydrogens is 402 g/mol. The lowest BCUT2D eigenvalue weighted by atomic mass is 9.89. The Morgan fingerprint density at radius 2 is 1.92 bits per heavy atom. The van der Waals surface area contributed by atoms with E-state index in [4.69, 9.17) is 21.1 Å². The molecule has 0 atom stereocenters. The fraction of sp³-hybridized carbons (Fsp3) is 0.400. The Kier molecular flexibility index (Phi) is 5.20. The summed E-state index contributed by atoms with van der Waals surface area (Å²) in [7, 11) is 0. The number of hydrogen-bond acceptors (Lipinski definition) is 3. The molecule has 4 rings (SSSR count). The van der Waals surface area contributed by atoms with Gasteiger partial charge in [0.2, 0.25) is 0 Å². The maximum atomic E-state index is 6.20. The van der Waals surface area contributed by atoms with Gasteiger partial charge in [0.15, 0.2) is 11.5 Å². The van der Waals surface area contributed by atoms with Gasteiger partial charge in [-0.15, -0.1) is 0 Å². The van der Waals surface area contributed by atoms with E-state index in [2.05, 4.69) is 20.8 Å². The lowest BCUT2D eigenvalue weighted by Crippen LogP contribution is -2.59. The van der Waals surface area contributed by atoms with Crippen molar-refractivity contribution in [3.05, 3.63) is 57.5 Å². The first kappa shape index (κ1) is 17.2. The van der Waals surface area contributed by atoms with E-state index in [1.54, 1.807) is 0 Å². The summed E-state index contributed by atoms with van der Waals surface area (Å²) in [6.07, 6.45) is 4.32. The van der Waals surface area contributed by atoms with Gasteiger partial charge in [0.1, 0.15) is 12.7 Å². The van der Waals surface area contributed by atoms with Gasteiger partial charge in [0, 0.05) is 28.6 Å². The highest BCUT2D eigenvalue weighted by Gasteiger charge is 2.36. The standard InChI is InChI=1S/C20H21BrClNO2/c21-15-7-8-19(24-13-14-3-1-4-16(22)9-14)20(10-15)25-18-11-23(12-18)17-5-2-6-17/h1,3-4,7-10,17-18H,2,5-6,11-13H2. The quantitative estimate of drug-likeness (QED) is 0.631. The van der Waals surface area contributed by atoms with E-state index in [0.29, 0.717) is 6.61 Å². The van der Waals surface area contributed by atoms with Crippen molar-refractivity contribution in [3.63, 3.8) is 0 Å². The first-order valence-corrected chi connectivity index (χ1v) is 9.92. The Labute approximate surface area is 162 Å². The first-order valence-electron chi connectivity index (χ1n) is 8.75. The van der Waals surface area contributed by atoms with Crippen molar-refractivity contribution in [2.24, 2.45) is 0 Å². The van der Waals surface area contributed by atoms with Crippen LogP contribution < -0.4 is 9.47 Å². The Morgan fingerprint density at radius 1 is 1.08 bits per heavy atom. The van der Waals surface area contributed by atoms with Crippen LogP contribution >= 0.6 is 27.5 Å². The minimum Gasteiger partial charge on any atom is -0.485 e. The highest BCUT2D eigenvalue weighted by molar-refractivity contribution is 9.10. The first-order chi connectivity index (χ1) is 12.2.